The summed E-state index contributed by atoms with van der Waals surface area (Å²) < 4.78 is 5.99. The Bertz CT molecular complexity index is 1830. The molecule has 1 aromatic heterocycles. The Balaban J connectivity index is 1.40. The average molecular weight is 434 g/mol. The van der Waals surface area contributed by atoms with Crippen LogP contribution >= 0.6 is 0 Å². The summed E-state index contributed by atoms with van der Waals surface area (Å²) in [6.45, 7) is 0. The van der Waals surface area contributed by atoms with Gasteiger partial charge in [-0.1, -0.05) is 90.6 Å². The summed E-state index contributed by atoms with van der Waals surface area (Å²) in [5.74, 6) is 13.5. The first-order chi connectivity index (χ1) is 16.8. The van der Waals surface area contributed by atoms with Crippen LogP contribution in [0.15, 0.2) is 108 Å². The van der Waals surface area contributed by atoms with Gasteiger partial charge in [-0.3, -0.25) is 0 Å². The zero-order chi connectivity index (χ0) is 22.9. The molecule has 0 aliphatic carbocycles. The topological polar surface area (TPSA) is 33.4 Å². The fourth-order valence-electron chi connectivity index (χ4n) is 4.21. The van der Waals surface area contributed by atoms with Gasteiger partial charge in [0.15, 0.2) is 5.76 Å². The lowest BCUT2D eigenvalue weighted by atomic mass is 10.0. The van der Waals surface area contributed by atoms with Crippen LogP contribution in [-0.2, 0) is 0 Å². The van der Waals surface area contributed by atoms with E-state index < -0.39 is 0 Å². The molecule has 1 N–H and O–H groups in total. The third-order valence-electron chi connectivity index (χ3n) is 5.90. The Hall–Kier alpha value is -4.92. The van der Waals surface area contributed by atoms with Crippen molar-refractivity contribution in [2.24, 2.45) is 0 Å². The van der Waals surface area contributed by atoms with Crippen molar-refractivity contribution in [3.8, 4) is 29.4 Å². The Morgan fingerprint density at radius 3 is 1.94 bits per heavy atom. The summed E-state index contributed by atoms with van der Waals surface area (Å²) >= 11 is 0. The highest BCUT2D eigenvalue weighted by Gasteiger charge is 2.06. The zero-order valence-corrected chi connectivity index (χ0v) is 18.2. The molecule has 0 amide bonds. The molecule has 2 nitrogen and oxygen atoms in total. The molecule has 0 radical (unpaired) electrons. The van der Waals surface area contributed by atoms with Crippen molar-refractivity contribution in [2.75, 3.05) is 0 Å². The van der Waals surface area contributed by atoms with Gasteiger partial charge in [0.1, 0.15) is 11.3 Å². The van der Waals surface area contributed by atoms with Gasteiger partial charge in [0.2, 0.25) is 0 Å². The minimum atomic E-state index is 0.171. The number of hydrogen-bond acceptors (Lipinski definition) is 2. The van der Waals surface area contributed by atoms with E-state index in [0.717, 1.165) is 38.3 Å². The number of furan rings is 1. The van der Waals surface area contributed by atoms with Gasteiger partial charge in [-0.25, -0.2) is 0 Å². The van der Waals surface area contributed by atoms with Crippen molar-refractivity contribution in [3.05, 3.63) is 126 Å². The predicted octanol–water partition coefficient (Wildman–Crippen LogP) is 7.24. The number of phenolic OH excluding ortho intramolecular Hbond substituents is 1. The fraction of sp³-hybridized carbons (Fsp3) is 0. The van der Waals surface area contributed by atoms with E-state index >= 15 is 0 Å². The van der Waals surface area contributed by atoms with E-state index in [1.165, 1.54) is 5.39 Å². The van der Waals surface area contributed by atoms with Crippen molar-refractivity contribution >= 4 is 32.5 Å². The van der Waals surface area contributed by atoms with Crippen molar-refractivity contribution < 1.29 is 9.52 Å². The van der Waals surface area contributed by atoms with E-state index in [4.69, 9.17) is 4.42 Å². The third-order valence-corrected chi connectivity index (χ3v) is 5.90. The van der Waals surface area contributed by atoms with Gasteiger partial charge < -0.3 is 9.52 Å². The Labute approximate surface area is 197 Å². The highest BCUT2D eigenvalue weighted by atomic mass is 16.3. The van der Waals surface area contributed by atoms with Gasteiger partial charge in [0.05, 0.1) is 5.56 Å². The van der Waals surface area contributed by atoms with Crippen LogP contribution < -0.4 is 0 Å². The summed E-state index contributed by atoms with van der Waals surface area (Å²) in [6.07, 6.45) is 0. The lowest BCUT2D eigenvalue weighted by molar-refractivity contribution is 0.474. The molecule has 1 heterocycles. The maximum atomic E-state index is 10.4. The minimum Gasteiger partial charge on any atom is -0.507 e. The average Bonchev–Trinajstić information content (AvgIpc) is 3.31. The molecule has 0 bridgehead atoms. The largest absolute Gasteiger partial charge is 0.507 e. The first kappa shape index (κ1) is 19.7. The number of fused-ring (bicyclic) bond motifs is 4. The molecule has 158 valence electrons. The van der Waals surface area contributed by atoms with Crippen LogP contribution in [0.25, 0.3) is 32.5 Å². The Kier molecular flexibility index (Phi) is 4.77. The Morgan fingerprint density at radius 1 is 0.529 bits per heavy atom. The van der Waals surface area contributed by atoms with Crippen molar-refractivity contribution in [1.82, 2.24) is 0 Å². The van der Waals surface area contributed by atoms with Crippen LogP contribution in [0.3, 0.4) is 0 Å². The van der Waals surface area contributed by atoms with E-state index in [-0.39, 0.29) is 5.75 Å². The van der Waals surface area contributed by atoms with Crippen LogP contribution in [0.4, 0.5) is 0 Å². The van der Waals surface area contributed by atoms with E-state index in [9.17, 15) is 5.11 Å². The molecule has 0 aliphatic rings. The number of rotatable bonds is 0. The monoisotopic (exact) mass is 434 g/mol. The van der Waals surface area contributed by atoms with Gasteiger partial charge in [0.25, 0.3) is 0 Å². The summed E-state index contributed by atoms with van der Waals surface area (Å²) in [7, 11) is 0. The van der Waals surface area contributed by atoms with Crippen LogP contribution in [0.5, 0.6) is 5.75 Å². The zero-order valence-electron chi connectivity index (χ0n) is 18.2. The summed E-state index contributed by atoms with van der Waals surface area (Å²) in [5, 5.41) is 15.8. The summed E-state index contributed by atoms with van der Waals surface area (Å²) in [4.78, 5) is 0. The molecular formula is C32H18O2. The van der Waals surface area contributed by atoms with E-state index in [2.05, 4.69) is 41.9 Å². The fourth-order valence-corrected chi connectivity index (χ4v) is 4.21. The van der Waals surface area contributed by atoms with Gasteiger partial charge >= 0.3 is 0 Å². The number of hydrogen-bond donors (Lipinski definition) is 1. The molecule has 2 heteroatoms. The second-order valence-corrected chi connectivity index (χ2v) is 8.04. The van der Waals surface area contributed by atoms with Gasteiger partial charge in [-0.05, 0) is 46.3 Å². The smallest absolute Gasteiger partial charge is 0.178 e. The maximum Gasteiger partial charge on any atom is 0.178 e. The van der Waals surface area contributed by atoms with Crippen LogP contribution in [0.1, 0.15) is 22.5 Å². The molecule has 0 saturated carbocycles. The molecule has 0 atom stereocenters. The summed E-state index contributed by atoms with van der Waals surface area (Å²) in [5.41, 5.74) is 3.04. The van der Waals surface area contributed by atoms with Crippen LogP contribution in [0.2, 0.25) is 0 Å². The molecule has 6 aromatic rings. The molecule has 0 fully saturated rings. The molecule has 6 rings (SSSR count). The standard InChI is InChI=1S/C32H18O2/c33-31-19-15-24-9-3-5-11-27(24)29(31)18-14-23-8-2-1-7-22(23)13-17-26-21-30-28-12-6-4-10-25(28)16-20-32(30)34-26/h1-12,15-16,19-21,33H. The highest BCUT2D eigenvalue weighted by molar-refractivity contribution is 6.06. The lowest BCUT2D eigenvalue weighted by Gasteiger charge is -2.03. The van der Waals surface area contributed by atoms with Gasteiger partial charge in [0, 0.05) is 28.0 Å². The highest BCUT2D eigenvalue weighted by Crippen LogP contribution is 2.28. The molecule has 0 saturated heterocycles. The van der Waals surface area contributed by atoms with Crippen molar-refractivity contribution in [1.29, 1.82) is 0 Å². The first-order valence-electron chi connectivity index (χ1n) is 11.0. The van der Waals surface area contributed by atoms with Crippen LogP contribution in [-0.4, -0.2) is 5.11 Å². The van der Waals surface area contributed by atoms with Crippen molar-refractivity contribution in [3.63, 3.8) is 0 Å². The van der Waals surface area contributed by atoms with E-state index in [1.807, 2.05) is 78.9 Å². The van der Waals surface area contributed by atoms with Gasteiger partial charge in [-0.2, -0.15) is 0 Å². The molecule has 0 spiro atoms. The lowest BCUT2D eigenvalue weighted by Crippen LogP contribution is -1.85. The molecule has 0 unspecified atom stereocenters. The van der Waals surface area contributed by atoms with E-state index in [0.29, 0.717) is 11.3 Å². The minimum absolute atomic E-state index is 0.171. The predicted molar refractivity (Wildman–Crippen MR) is 138 cm³/mol. The Morgan fingerprint density at radius 2 is 1.15 bits per heavy atom. The number of benzene rings is 5. The summed E-state index contributed by atoms with van der Waals surface area (Å²) in [6, 6.07) is 33.5. The van der Waals surface area contributed by atoms with Crippen molar-refractivity contribution in [2.45, 2.75) is 0 Å². The maximum absolute atomic E-state index is 10.4. The number of phenols is 1. The third kappa shape index (κ3) is 3.55. The molecule has 34 heavy (non-hydrogen) atoms. The molecular weight excluding hydrogens is 416 g/mol. The molecule has 5 aromatic carbocycles. The van der Waals surface area contributed by atoms with E-state index in [1.54, 1.807) is 6.07 Å². The number of aromatic hydroxyl groups is 1. The second-order valence-electron chi connectivity index (χ2n) is 8.04. The first-order valence-corrected chi connectivity index (χ1v) is 11.0. The molecule has 0 aliphatic heterocycles. The SMILES string of the molecule is Oc1ccc2ccccc2c1C#Cc1ccccc1C#Cc1cc2c(ccc3ccccc32)o1. The van der Waals surface area contributed by atoms with Crippen LogP contribution in [0, 0.1) is 23.7 Å². The second kappa shape index (κ2) is 8.21. The quantitative estimate of drug-likeness (QED) is 0.256. The normalized spacial score (nSPS) is 10.6. The van der Waals surface area contributed by atoms with Gasteiger partial charge in [-0.15, -0.1) is 0 Å².